The zero-order valence-corrected chi connectivity index (χ0v) is 70.8. The van der Waals surface area contributed by atoms with Crippen LogP contribution in [-0.2, 0) is 23.9 Å². The van der Waals surface area contributed by atoms with Crippen LogP contribution in [0.3, 0.4) is 0 Å². The Kier molecular flexibility index (Phi) is 28.0. The molecule has 3 saturated heterocycles. The molecule has 36 heteroatoms. The number of fused-ring (bicyclic) bond motifs is 12. The molecule has 0 radical (unpaired) electrons. The van der Waals surface area contributed by atoms with E-state index in [4.69, 9.17) is 4.74 Å². The summed E-state index contributed by atoms with van der Waals surface area (Å²) in [4.78, 5) is 221. The molecule has 6 aromatic rings. The highest BCUT2D eigenvalue weighted by atomic mass is 16.6. The molecular weight excluding hydrogens is 1650 g/mol. The maximum absolute atomic E-state index is 15.4. The molecule has 672 valence electrons. The van der Waals surface area contributed by atoms with Gasteiger partial charge in [0, 0.05) is 174 Å². The van der Waals surface area contributed by atoms with E-state index in [9.17, 15) is 68.3 Å². The molecule has 8 bridgehead atoms. The van der Waals surface area contributed by atoms with Crippen molar-refractivity contribution in [2.24, 2.45) is 10.2 Å². The number of non-ortho nitro benzene ring substituents is 1. The molecule has 7 fully saturated rings. The van der Waals surface area contributed by atoms with Crippen molar-refractivity contribution in [2.75, 3.05) is 50.8 Å². The lowest BCUT2D eigenvalue weighted by atomic mass is 9.89. The first-order chi connectivity index (χ1) is 61.7. The number of nitrogens with zero attached hydrogens (tertiary/aromatic N) is 7. The number of amides is 13. The molecule has 4 saturated carbocycles. The lowest BCUT2D eigenvalue weighted by molar-refractivity contribution is -0.384. The second kappa shape index (κ2) is 40.1. The molecule has 15 rings (SSSR count). The summed E-state index contributed by atoms with van der Waals surface area (Å²) in [6.07, 6.45) is 5.31. The van der Waals surface area contributed by atoms with E-state index in [0.717, 1.165) is 41.2 Å². The summed E-state index contributed by atoms with van der Waals surface area (Å²) in [6.45, 7) is 1.08. The van der Waals surface area contributed by atoms with Crippen LogP contribution in [0.2, 0.25) is 0 Å². The third kappa shape index (κ3) is 21.3. The quantitative estimate of drug-likeness (QED) is 0.0214. The predicted molar refractivity (Wildman–Crippen MR) is 463 cm³/mol. The Morgan fingerprint density at radius 3 is 1.07 bits per heavy atom. The van der Waals surface area contributed by atoms with E-state index in [1.807, 2.05) is 11.8 Å². The minimum Gasteiger partial charge on any atom is -0.464 e. The number of ether oxygens (including phenoxy) is 1. The molecule has 0 aromatic heterocycles. The molecule has 4 aliphatic carbocycles. The normalized spacial score (nSPS) is 25.7. The molecular formula is C92H105N17O19. The topological polar surface area (TPSA) is 490 Å². The van der Waals surface area contributed by atoms with Crippen LogP contribution in [0.1, 0.15) is 239 Å². The van der Waals surface area contributed by atoms with Gasteiger partial charge < -0.3 is 87.7 Å². The van der Waals surface area contributed by atoms with E-state index in [0.29, 0.717) is 95.0 Å². The first kappa shape index (κ1) is 89.4. The number of carbonyl (C=O) groups excluding carboxylic acids is 14. The number of anilines is 1. The maximum Gasteiger partial charge on any atom is 0.306 e. The number of hydrogen-bond donors (Lipinski definition) is 12. The van der Waals surface area contributed by atoms with Crippen molar-refractivity contribution < 1.29 is 87.0 Å². The Labute approximate surface area is 737 Å². The fourth-order valence-corrected chi connectivity index (χ4v) is 19.0. The average molecular weight is 1750 g/mol. The van der Waals surface area contributed by atoms with Gasteiger partial charge in [0.1, 0.15) is 18.7 Å². The highest BCUT2D eigenvalue weighted by Gasteiger charge is 2.47. The second-order valence-electron chi connectivity index (χ2n) is 34.6. The lowest BCUT2D eigenvalue weighted by Gasteiger charge is -2.34. The number of nitrogens with one attached hydrogen (secondary N) is 10. The minimum absolute atomic E-state index is 0.0860. The minimum atomic E-state index is -1.49. The van der Waals surface area contributed by atoms with Gasteiger partial charge >= 0.3 is 5.97 Å². The zero-order chi connectivity index (χ0) is 90.0. The Morgan fingerprint density at radius 2 is 0.750 bits per heavy atom. The van der Waals surface area contributed by atoms with Crippen LogP contribution in [0.15, 0.2) is 144 Å². The van der Waals surface area contributed by atoms with Gasteiger partial charge in [0.15, 0.2) is 0 Å². The summed E-state index contributed by atoms with van der Waals surface area (Å²) < 4.78 is 5.65. The monoisotopic (exact) mass is 1750 g/mol. The molecule has 13 amide bonds. The summed E-state index contributed by atoms with van der Waals surface area (Å²) in [7, 11) is 0. The van der Waals surface area contributed by atoms with Crippen LogP contribution in [-0.4, -0.2) is 243 Å². The number of rotatable bonds is 17. The molecule has 5 heterocycles. The molecule has 5 aliphatic heterocycles. The fraction of sp³-hybridized carbons (Fsp3) is 0.457. The SMILES string of the molecule is CCN(CCOC(=O)CCC(=O)N1C[C@@H](NC(=O)[C@@H]2C[C@@H](O)CN2C(=O)c2cc3cc(c2)C(=O)N[C@@H]2CCCCC2NC(=O)c2cccc(c2)C(=O)N[C@@H]2CCCCC2NC3=O)[C@H](NC(=O)[C@@H]2C[C@@H](O)CN2C(=O)c2cc3cc(c2)C(=O)N[C@@H]2CCCCC2NC(=O)c2cccc(c2)C(=O)N[C@@H]2CCCCC2NC3=O)C1)c1ccc(N=Nc2ccc([N+](=O)[O-])cc2)cc1. The van der Waals surface area contributed by atoms with E-state index < -0.39 is 198 Å². The fourth-order valence-electron chi connectivity index (χ4n) is 19.0. The number of aliphatic hydroxyl groups is 2. The van der Waals surface area contributed by atoms with Crippen molar-refractivity contribution in [3.05, 3.63) is 199 Å². The van der Waals surface area contributed by atoms with E-state index in [2.05, 4.69) is 63.4 Å². The smallest absolute Gasteiger partial charge is 0.306 e. The van der Waals surface area contributed by atoms with Gasteiger partial charge in [-0.15, -0.1) is 0 Å². The van der Waals surface area contributed by atoms with Gasteiger partial charge in [0.05, 0.1) is 53.6 Å². The van der Waals surface area contributed by atoms with Crippen LogP contribution in [0.4, 0.5) is 22.7 Å². The van der Waals surface area contributed by atoms with E-state index >= 15 is 19.2 Å². The standard InChI is InChI=1S/C92H105N17O19/c1-2-105(63-29-25-61(26-30-63)103-104-62-27-31-64(32-28-62)109(126)127)35-36-128-80(113)34-33-79(112)106-49-75(101-89(122)77-45-65(110)47-107(77)91(124)59-41-55-39-56(42-59)86(119)98-72-22-8-4-18-68(72)94-82(115)52-14-11-13-51(37-52)81(114)93-67-17-3-7-21-71(67)97-85(55)118)76(50-106)102-90(123)78-46-66(111)48-108(78)92(125)60-43-57-40-58(44-60)88(121)100-74-24-10-6-20-70(74)96-84(117)54-16-12-15-53(38-54)83(116)95-69-19-5-9-23-73(69)99-87(57)120/h11-16,25-32,37-44,65-78,110-111H,2-10,17-24,33-36,45-50H2,1H3,(H,93,114)(H,94,115)(H,95,116)(H,96,117)(H,97,118)(H,98,119)(H,99,120)(H,100,121)(H,101,122)(H,102,123)/t65-,66-,67-,68?,69-,70?,71?,72-,73?,74-,75-,76-,77+,78+/m1/s1. The van der Waals surface area contributed by atoms with Gasteiger partial charge in [-0.25, -0.2) is 0 Å². The Morgan fingerprint density at radius 1 is 0.438 bits per heavy atom. The maximum atomic E-state index is 15.4. The van der Waals surface area contributed by atoms with E-state index in [1.165, 1.54) is 77.7 Å². The first-order valence-corrected chi connectivity index (χ1v) is 44.2. The number of azo groups is 1. The van der Waals surface area contributed by atoms with Crippen molar-refractivity contribution in [1.29, 1.82) is 0 Å². The predicted octanol–water partition coefficient (Wildman–Crippen LogP) is 6.03. The van der Waals surface area contributed by atoms with Crippen LogP contribution in [0.5, 0.6) is 0 Å². The zero-order valence-electron chi connectivity index (χ0n) is 70.8. The van der Waals surface area contributed by atoms with Crippen molar-refractivity contribution in [3.8, 4) is 0 Å². The number of benzene rings is 6. The van der Waals surface area contributed by atoms with Gasteiger partial charge in [-0.1, -0.05) is 63.5 Å². The van der Waals surface area contributed by atoms with E-state index in [1.54, 1.807) is 60.7 Å². The summed E-state index contributed by atoms with van der Waals surface area (Å²) in [5, 5.41) is 72.8. The summed E-state index contributed by atoms with van der Waals surface area (Å²) in [6, 6.07) is 22.8. The van der Waals surface area contributed by atoms with Crippen molar-refractivity contribution >= 4 is 106 Å². The van der Waals surface area contributed by atoms with Crippen LogP contribution >= 0.6 is 0 Å². The van der Waals surface area contributed by atoms with Crippen molar-refractivity contribution in [3.63, 3.8) is 0 Å². The number of aliphatic hydroxyl groups excluding tert-OH is 2. The first-order valence-electron chi connectivity index (χ1n) is 44.2. The number of nitro groups is 1. The third-order valence-corrected chi connectivity index (χ3v) is 25.9. The largest absolute Gasteiger partial charge is 0.464 e. The number of likely N-dealkylation sites (tertiary alicyclic amines) is 3. The number of likely N-dealkylation sites (N-methyl/N-ethyl adjacent to an activating group) is 1. The summed E-state index contributed by atoms with van der Waals surface area (Å²) in [5.74, 6) is -9.39. The average Bonchev–Trinajstić information content (AvgIpc) is 1.55. The van der Waals surface area contributed by atoms with Gasteiger partial charge in [-0.3, -0.25) is 77.2 Å². The van der Waals surface area contributed by atoms with Crippen LogP contribution in [0, 0.1) is 10.1 Å². The number of β-amino-alcohol motifs (C(OH)–C–C–N with tert-alkyl or cyclic N) is 2. The van der Waals surface area contributed by atoms with Gasteiger partial charge in [-0.05, 0) is 167 Å². The number of hydrogen-bond acceptors (Lipinski definition) is 22. The van der Waals surface area contributed by atoms with Gasteiger partial charge in [0.25, 0.3) is 64.8 Å². The number of nitro benzene ring substituents is 1. The summed E-state index contributed by atoms with van der Waals surface area (Å²) in [5.41, 5.74) is 1.56. The van der Waals surface area contributed by atoms with Crippen molar-refractivity contribution in [2.45, 2.75) is 220 Å². The highest BCUT2D eigenvalue weighted by molar-refractivity contribution is 6.08. The summed E-state index contributed by atoms with van der Waals surface area (Å²) >= 11 is 0. The van der Waals surface area contributed by atoms with Crippen LogP contribution < -0.4 is 58.1 Å². The van der Waals surface area contributed by atoms with Crippen LogP contribution in [0.25, 0.3) is 0 Å². The Hall–Kier alpha value is -13.4. The molecule has 128 heavy (non-hydrogen) atoms. The Balaban J connectivity index is 0.678. The molecule has 0 spiro atoms. The molecule has 14 atom stereocenters. The molecule has 6 aromatic carbocycles. The molecule has 36 nitrogen and oxygen atoms in total. The second-order valence-corrected chi connectivity index (χ2v) is 34.6. The van der Waals surface area contributed by atoms with Crippen molar-refractivity contribution in [1.82, 2.24) is 67.9 Å². The molecule has 12 N–H and O–H groups in total. The molecule has 4 unspecified atom stereocenters. The third-order valence-electron chi connectivity index (χ3n) is 25.9. The number of esters is 1. The van der Waals surface area contributed by atoms with Gasteiger partial charge in [0.2, 0.25) is 17.7 Å². The lowest BCUT2D eigenvalue weighted by Crippen LogP contribution is -2.57. The van der Waals surface area contributed by atoms with E-state index in [-0.39, 0.29) is 100 Å². The molecule has 9 aliphatic rings. The highest BCUT2D eigenvalue weighted by Crippen LogP contribution is 2.32. The van der Waals surface area contributed by atoms with Gasteiger partial charge in [-0.2, -0.15) is 10.2 Å². The Bertz CT molecular complexity index is 4920. The number of carbonyl (C=O) groups is 14.